The first-order valence-electron chi connectivity index (χ1n) is 10.1. The molecule has 0 fully saturated rings. The summed E-state index contributed by atoms with van der Waals surface area (Å²) in [5.74, 6) is 0. The fourth-order valence-electron chi connectivity index (χ4n) is 3.69. The van der Waals surface area contributed by atoms with E-state index in [0.29, 0.717) is 10.7 Å². The van der Waals surface area contributed by atoms with Crippen LogP contribution in [0.4, 0.5) is 5.69 Å². The van der Waals surface area contributed by atoms with E-state index in [4.69, 9.17) is 11.6 Å². The van der Waals surface area contributed by atoms with E-state index in [0.717, 1.165) is 45.4 Å². The van der Waals surface area contributed by atoms with Crippen LogP contribution in [0.1, 0.15) is 21.6 Å². The quantitative estimate of drug-likeness (QED) is 0.265. The number of rotatable bonds is 6. The number of halogens is 1. The first-order chi connectivity index (χ1) is 15.1. The van der Waals surface area contributed by atoms with Crippen molar-refractivity contribution in [3.05, 3.63) is 101 Å². The van der Waals surface area contributed by atoms with Gasteiger partial charge in [0.2, 0.25) is 0 Å². The smallest absolute Gasteiger partial charge is 0.167 e. The molecule has 0 amide bonds. The van der Waals surface area contributed by atoms with Crippen LogP contribution in [0.3, 0.4) is 0 Å². The van der Waals surface area contributed by atoms with Crippen molar-refractivity contribution in [2.75, 3.05) is 12.4 Å². The van der Waals surface area contributed by atoms with E-state index in [9.17, 15) is 4.79 Å². The van der Waals surface area contributed by atoms with E-state index in [1.54, 1.807) is 0 Å². The largest absolute Gasteiger partial charge is 0.388 e. The van der Waals surface area contributed by atoms with Crippen LogP contribution in [0.2, 0.25) is 5.02 Å². The van der Waals surface area contributed by atoms with Crippen molar-refractivity contribution in [1.29, 1.82) is 0 Å². The van der Waals surface area contributed by atoms with Crippen LogP contribution in [-0.4, -0.2) is 17.9 Å². The topological polar surface area (TPSA) is 34.0 Å². The molecule has 0 radical (unpaired) electrons. The van der Waals surface area contributed by atoms with Crippen LogP contribution >= 0.6 is 11.6 Å². The molecule has 154 valence electrons. The van der Waals surface area contributed by atoms with Gasteiger partial charge in [-0.15, -0.1) is 0 Å². The molecular formula is C27H23ClN2O. The first kappa shape index (κ1) is 20.7. The van der Waals surface area contributed by atoms with Gasteiger partial charge in [0, 0.05) is 42.1 Å². The summed E-state index contributed by atoms with van der Waals surface area (Å²) < 4.78 is 1.87. The number of aryl methyl sites for hydroxylation is 1. The summed E-state index contributed by atoms with van der Waals surface area (Å²) in [6.45, 7) is 0. The number of nitrogens with one attached hydrogen (secondary N) is 1. The van der Waals surface area contributed by atoms with Crippen molar-refractivity contribution in [3.63, 3.8) is 0 Å². The number of hydrogen-bond acceptors (Lipinski definition) is 2. The van der Waals surface area contributed by atoms with Crippen molar-refractivity contribution in [2.45, 2.75) is 0 Å². The molecule has 1 N–H and O–H groups in total. The Morgan fingerprint density at radius 3 is 2.26 bits per heavy atom. The number of aldehydes is 1. The molecule has 31 heavy (non-hydrogen) atoms. The minimum Gasteiger partial charge on any atom is -0.388 e. The van der Waals surface area contributed by atoms with Gasteiger partial charge in [0.1, 0.15) is 0 Å². The van der Waals surface area contributed by atoms with Gasteiger partial charge in [-0.05, 0) is 52.6 Å². The maximum absolute atomic E-state index is 11.9. The van der Waals surface area contributed by atoms with Gasteiger partial charge in [0.25, 0.3) is 0 Å². The van der Waals surface area contributed by atoms with Gasteiger partial charge in [-0.1, -0.05) is 66.2 Å². The molecule has 0 saturated heterocycles. The molecule has 4 aromatic rings. The lowest BCUT2D eigenvalue weighted by Crippen LogP contribution is -1.94. The second-order valence-corrected chi connectivity index (χ2v) is 7.81. The zero-order chi connectivity index (χ0) is 21.8. The number of benzene rings is 3. The highest BCUT2D eigenvalue weighted by atomic mass is 35.5. The molecule has 4 heteroatoms. The van der Waals surface area contributed by atoms with E-state index in [1.807, 2.05) is 61.3 Å². The SMILES string of the molecule is CNc1ccc(C=Cc2cccc(-c3c(-c4ccc(Cl)cc4)cn(C)c3C=O)c2)cc1. The monoisotopic (exact) mass is 426 g/mol. The second-order valence-electron chi connectivity index (χ2n) is 7.37. The Morgan fingerprint density at radius 1 is 0.871 bits per heavy atom. The molecule has 0 unspecified atom stereocenters. The number of hydrogen-bond donors (Lipinski definition) is 1. The Hall–Kier alpha value is -3.56. The lowest BCUT2D eigenvalue weighted by molar-refractivity contribution is 0.111. The van der Waals surface area contributed by atoms with E-state index in [1.165, 1.54) is 0 Å². The van der Waals surface area contributed by atoms with Gasteiger partial charge >= 0.3 is 0 Å². The van der Waals surface area contributed by atoms with Gasteiger partial charge in [-0.25, -0.2) is 0 Å². The number of aromatic nitrogens is 1. The summed E-state index contributed by atoms with van der Waals surface area (Å²) in [6, 6.07) is 24.2. The zero-order valence-electron chi connectivity index (χ0n) is 17.5. The van der Waals surface area contributed by atoms with E-state index in [-0.39, 0.29) is 0 Å². The number of carbonyl (C=O) groups is 1. The molecule has 0 aliphatic rings. The van der Waals surface area contributed by atoms with Gasteiger partial charge in [0.15, 0.2) is 6.29 Å². The summed E-state index contributed by atoms with van der Waals surface area (Å²) in [7, 11) is 3.80. The summed E-state index contributed by atoms with van der Waals surface area (Å²) in [5, 5.41) is 3.81. The minimum absolute atomic E-state index is 0.647. The Kier molecular flexibility index (Phi) is 6.06. The van der Waals surface area contributed by atoms with Crippen molar-refractivity contribution in [2.24, 2.45) is 7.05 Å². The highest BCUT2D eigenvalue weighted by Gasteiger charge is 2.17. The third-order valence-electron chi connectivity index (χ3n) is 5.34. The summed E-state index contributed by atoms with van der Waals surface area (Å²) in [5.41, 5.74) is 7.87. The van der Waals surface area contributed by atoms with Crippen molar-refractivity contribution in [3.8, 4) is 22.3 Å². The Bertz CT molecular complexity index is 1240. The molecule has 3 aromatic carbocycles. The third kappa shape index (κ3) is 4.47. The maximum atomic E-state index is 11.9. The standard InChI is InChI=1S/C27H23ClN2O/c1-29-24-14-8-19(9-15-24)6-7-20-4-3-5-22(16-20)27-25(17-30(2)26(27)18-31)21-10-12-23(28)13-11-21/h3-18,29H,1-2H3. The van der Waals surface area contributed by atoms with Crippen LogP contribution in [0.25, 0.3) is 34.4 Å². The molecule has 0 spiro atoms. The molecule has 0 aliphatic carbocycles. The van der Waals surface area contributed by atoms with E-state index in [2.05, 4.69) is 53.9 Å². The minimum atomic E-state index is 0.647. The number of nitrogens with zero attached hydrogens (tertiary/aromatic N) is 1. The summed E-state index contributed by atoms with van der Waals surface area (Å²) in [6.07, 6.45) is 7.09. The number of anilines is 1. The molecule has 4 rings (SSSR count). The third-order valence-corrected chi connectivity index (χ3v) is 5.59. The molecular weight excluding hydrogens is 404 g/mol. The lowest BCUT2D eigenvalue weighted by atomic mass is 9.95. The Balaban J connectivity index is 1.74. The fraction of sp³-hybridized carbons (Fsp3) is 0.0741. The van der Waals surface area contributed by atoms with Gasteiger partial charge < -0.3 is 9.88 Å². The number of carbonyl (C=O) groups excluding carboxylic acids is 1. The molecule has 0 bridgehead atoms. The van der Waals surface area contributed by atoms with Gasteiger partial charge in [0.05, 0.1) is 5.69 Å². The van der Waals surface area contributed by atoms with Crippen LogP contribution in [0, 0.1) is 0 Å². The predicted octanol–water partition coefficient (Wildman–Crippen LogP) is 7.04. The molecule has 0 aliphatic heterocycles. The summed E-state index contributed by atoms with van der Waals surface area (Å²) >= 11 is 6.07. The molecule has 0 saturated carbocycles. The molecule has 1 aromatic heterocycles. The predicted molar refractivity (Wildman–Crippen MR) is 132 cm³/mol. The van der Waals surface area contributed by atoms with Crippen molar-refractivity contribution >= 4 is 35.7 Å². The maximum Gasteiger partial charge on any atom is 0.167 e. The van der Waals surface area contributed by atoms with Gasteiger partial charge in [-0.3, -0.25) is 4.79 Å². The first-order valence-corrected chi connectivity index (χ1v) is 10.4. The van der Waals surface area contributed by atoms with Crippen LogP contribution < -0.4 is 5.32 Å². The van der Waals surface area contributed by atoms with Crippen LogP contribution in [-0.2, 0) is 7.05 Å². The average Bonchev–Trinajstić information content (AvgIpc) is 3.14. The Labute approximate surface area is 187 Å². The zero-order valence-corrected chi connectivity index (χ0v) is 18.2. The highest BCUT2D eigenvalue weighted by molar-refractivity contribution is 6.30. The van der Waals surface area contributed by atoms with Crippen LogP contribution in [0.15, 0.2) is 79.0 Å². The lowest BCUT2D eigenvalue weighted by Gasteiger charge is -2.08. The second kappa shape index (κ2) is 9.07. The van der Waals surface area contributed by atoms with E-state index >= 15 is 0 Å². The van der Waals surface area contributed by atoms with Gasteiger partial charge in [-0.2, -0.15) is 0 Å². The molecule has 1 heterocycles. The molecule has 3 nitrogen and oxygen atoms in total. The normalized spacial score (nSPS) is 11.1. The average molecular weight is 427 g/mol. The van der Waals surface area contributed by atoms with E-state index < -0.39 is 0 Å². The Morgan fingerprint density at radius 2 is 1.58 bits per heavy atom. The fourth-order valence-corrected chi connectivity index (χ4v) is 3.81. The highest BCUT2D eigenvalue weighted by Crippen LogP contribution is 2.36. The molecule has 0 atom stereocenters. The summed E-state index contributed by atoms with van der Waals surface area (Å²) in [4.78, 5) is 11.9. The van der Waals surface area contributed by atoms with Crippen molar-refractivity contribution in [1.82, 2.24) is 4.57 Å². The van der Waals surface area contributed by atoms with Crippen LogP contribution in [0.5, 0.6) is 0 Å². The van der Waals surface area contributed by atoms with Crippen molar-refractivity contribution < 1.29 is 4.79 Å².